The van der Waals surface area contributed by atoms with Crippen molar-refractivity contribution in [3.05, 3.63) is 24.3 Å². The van der Waals surface area contributed by atoms with E-state index in [4.69, 9.17) is 15.2 Å². The Morgan fingerprint density at radius 3 is 2.20 bits per heavy atom. The molecule has 0 heterocycles. The first-order chi connectivity index (χ1) is 7.07. The van der Waals surface area contributed by atoms with Crippen molar-refractivity contribution in [3.63, 3.8) is 0 Å². The van der Waals surface area contributed by atoms with Crippen LogP contribution in [-0.4, -0.2) is 26.2 Å². The molecule has 5 heteroatoms. The fourth-order valence-corrected chi connectivity index (χ4v) is 0.920. The summed E-state index contributed by atoms with van der Waals surface area (Å²) in [7, 11) is 1.53. The molecular formula is C10H13F2NO2. The van der Waals surface area contributed by atoms with Crippen molar-refractivity contribution in [1.82, 2.24) is 0 Å². The van der Waals surface area contributed by atoms with Crippen molar-refractivity contribution in [3.8, 4) is 11.5 Å². The normalized spacial score (nSPS) is 11.2. The summed E-state index contributed by atoms with van der Waals surface area (Å²) in [4.78, 5) is 0. The van der Waals surface area contributed by atoms with Crippen LogP contribution < -0.4 is 15.2 Å². The van der Waals surface area contributed by atoms with Crippen molar-refractivity contribution < 1.29 is 18.3 Å². The van der Waals surface area contributed by atoms with Gasteiger partial charge in [0.25, 0.3) is 5.92 Å². The van der Waals surface area contributed by atoms with E-state index in [1.54, 1.807) is 24.3 Å². The second-order valence-corrected chi connectivity index (χ2v) is 3.02. The monoisotopic (exact) mass is 217 g/mol. The Balaban J connectivity index is 2.51. The average molecular weight is 217 g/mol. The molecule has 0 spiro atoms. The first kappa shape index (κ1) is 11.7. The minimum atomic E-state index is -2.99. The van der Waals surface area contributed by atoms with Gasteiger partial charge in [-0.15, -0.1) is 0 Å². The van der Waals surface area contributed by atoms with Crippen molar-refractivity contribution in [2.24, 2.45) is 5.73 Å². The molecule has 0 bridgehead atoms. The van der Waals surface area contributed by atoms with Gasteiger partial charge in [-0.1, -0.05) is 0 Å². The fraction of sp³-hybridized carbons (Fsp3) is 0.400. The van der Waals surface area contributed by atoms with E-state index in [9.17, 15) is 8.78 Å². The standard InChI is InChI=1S/C10H13F2NO2/c1-14-8-2-4-9(5-3-8)15-7-10(11,12)6-13/h2-5H,6-7,13H2,1H3. The summed E-state index contributed by atoms with van der Waals surface area (Å²) < 4.78 is 35.2. The number of rotatable bonds is 5. The van der Waals surface area contributed by atoms with E-state index in [2.05, 4.69) is 0 Å². The molecule has 0 saturated heterocycles. The number of hydrogen-bond donors (Lipinski definition) is 1. The second-order valence-electron chi connectivity index (χ2n) is 3.02. The van der Waals surface area contributed by atoms with E-state index < -0.39 is 19.1 Å². The van der Waals surface area contributed by atoms with Gasteiger partial charge in [-0.25, -0.2) is 8.78 Å². The lowest BCUT2D eigenvalue weighted by Gasteiger charge is -2.14. The molecule has 2 N–H and O–H groups in total. The lowest BCUT2D eigenvalue weighted by molar-refractivity contribution is -0.0319. The minimum Gasteiger partial charge on any atom is -0.497 e. The molecule has 0 aromatic heterocycles. The third-order valence-electron chi connectivity index (χ3n) is 1.81. The topological polar surface area (TPSA) is 44.5 Å². The highest BCUT2D eigenvalue weighted by atomic mass is 19.3. The van der Waals surface area contributed by atoms with Crippen molar-refractivity contribution in [1.29, 1.82) is 0 Å². The quantitative estimate of drug-likeness (QED) is 0.815. The molecular weight excluding hydrogens is 204 g/mol. The van der Waals surface area contributed by atoms with Crippen LogP contribution in [0.4, 0.5) is 8.78 Å². The van der Waals surface area contributed by atoms with Crippen LogP contribution in [0.1, 0.15) is 0 Å². The van der Waals surface area contributed by atoms with E-state index in [-0.39, 0.29) is 0 Å². The van der Waals surface area contributed by atoms with E-state index in [0.717, 1.165) is 0 Å². The highest BCUT2D eigenvalue weighted by molar-refractivity contribution is 5.31. The molecule has 15 heavy (non-hydrogen) atoms. The molecule has 0 aliphatic heterocycles. The van der Waals surface area contributed by atoms with Gasteiger partial charge in [0.05, 0.1) is 13.7 Å². The molecule has 0 unspecified atom stereocenters. The van der Waals surface area contributed by atoms with Crippen molar-refractivity contribution in [2.45, 2.75) is 5.92 Å². The lowest BCUT2D eigenvalue weighted by Crippen LogP contribution is -2.34. The Hall–Kier alpha value is -1.36. The average Bonchev–Trinajstić information content (AvgIpc) is 2.27. The molecule has 0 fully saturated rings. The second kappa shape index (κ2) is 4.93. The van der Waals surface area contributed by atoms with Gasteiger partial charge in [0.1, 0.15) is 11.5 Å². The first-order valence-electron chi connectivity index (χ1n) is 4.42. The van der Waals surface area contributed by atoms with Gasteiger partial charge < -0.3 is 15.2 Å². The smallest absolute Gasteiger partial charge is 0.293 e. The van der Waals surface area contributed by atoms with Gasteiger partial charge in [-0.3, -0.25) is 0 Å². The van der Waals surface area contributed by atoms with Crippen LogP contribution >= 0.6 is 0 Å². The predicted molar refractivity (Wildman–Crippen MR) is 52.5 cm³/mol. The Morgan fingerprint density at radius 2 is 1.73 bits per heavy atom. The molecule has 0 aliphatic rings. The molecule has 84 valence electrons. The number of hydrogen-bond acceptors (Lipinski definition) is 3. The molecule has 0 amide bonds. The fourth-order valence-electron chi connectivity index (χ4n) is 0.920. The van der Waals surface area contributed by atoms with Crippen LogP contribution in [0.15, 0.2) is 24.3 Å². The van der Waals surface area contributed by atoms with Gasteiger partial charge in [0.2, 0.25) is 0 Å². The Labute approximate surface area is 86.8 Å². The maximum absolute atomic E-state index is 12.7. The summed E-state index contributed by atoms with van der Waals surface area (Å²) in [5.74, 6) is -1.98. The maximum Gasteiger partial charge on any atom is 0.293 e. The third-order valence-corrected chi connectivity index (χ3v) is 1.81. The van der Waals surface area contributed by atoms with Gasteiger partial charge in [0, 0.05) is 0 Å². The van der Waals surface area contributed by atoms with Crippen molar-refractivity contribution in [2.75, 3.05) is 20.3 Å². The molecule has 0 radical (unpaired) electrons. The van der Waals surface area contributed by atoms with E-state index in [0.29, 0.717) is 11.5 Å². The number of alkyl halides is 2. The summed E-state index contributed by atoms with van der Waals surface area (Å²) >= 11 is 0. The molecule has 0 saturated carbocycles. The van der Waals surface area contributed by atoms with Gasteiger partial charge >= 0.3 is 0 Å². The highest BCUT2D eigenvalue weighted by Gasteiger charge is 2.27. The van der Waals surface area contributed by atoms with Gasteiger partial charge in [-0.2, -0.15) is 0 Å². The molecule has 1 rings (SSSR count). The molecule has 0 atom stereocenters. The summed E-state index contributed by atoms with van der Waals surface area (Å²) in [5, 5.41) is 0. The SMILES string of the molecule is COc1ccc(OCC(F)(F)CN)cc1. The summed E-state index contributed by atoms with van der Waals surface area (Å²) in [6.45, 7) is -1.43. The molecule has 3 nitrogen and oxygen atoms in total. The number of halogens is 2. The largest absolute Gasteiger partial charge is 0.497 e. The van der Waals surface area contributed by atoms with Crippen LogP contribution in [0.3, 0.4) is 0 Å². The third kappa shape index (κ3) is 3.71. The summed E-state index contributed by atoms with van der Waals surface area (Å²) in [5.41, 5.74) is 4.87. The minimum absolute atomic E-state index is 0.365. The highest BCUT2D eigenvalue weighted by Crippen LogP contribution is 2.19. The van der Waals surface area contributed by atoms with Crippen LogP contribution in [0, 0.1) is 0 Å². The number of methoxy groups -OCH3 is 1. The number of nitrogens with two attached hydrogens (primary N) is 1. The van der Waals surface area contributed by atoms with Crippen LogP contribution in [0.5, 0.6) is 11.5 Å². The lowest BCUT2D eigenvalue weighted by atomic mass is 10.3. The van der Waals surface area contributed by atoms with Crippen LogP contribution in [0.2, 0.25) is 0 Å². The molecule has 1 aromatic rings. The maximum atomic E-state index is 12.7. The predicted octanol–water partition coefficient (Wildman–Crippen LogP) is 1.67. The Bertz CT molecular complexity index is 301. The van der Waals surface area contributed by atoms with Crippen LogP contribution in [-0.2, 0) is 0 Å². The van der Waals surface area contributed by atoms with Gasteiger partial charge in [0.15, 0.2) is 6.61 Å². The summed E-state index contributed by atoms with van der Waals surface area (Å²) in [6.07, 6.45) is 0. The zero-order valence-corrected chi connectivity index (χ0v) is 8.37. The van der Waals surface area contributed by atoms with E-state index in [1.807, 2.05) is 0 Å². The van der Waals surface area contributed by atoms with E-state index in [1.165, 1.54) is 7.11 Å². The number of benzene rings is 1. The zero-order valence-electron chi connectivity index (χ0n) is 8.37. The Morgan fingerprint density at radius 1 is 1.20 bits per heavy atom. The van der Waals surface area contributed by atoms with Crippen LogP contribution in [0.25, 0.3) is 0 Å². The zero-order chi connectivity index (χ0) is 11.3. The molecule has 0 aliphatic carbocycles. The number of ether oxygens (including phenoxy) is 2. The van der Waals surface area contributed by atoms with Crippen molar-refractivity contribution >= 4 is 0 Å². The van der Waals surface area contributed by atoms with Gasteiger partial charge in [-0.05, 0) is 24.3 Å². The Kier molecular flexibility index (Phi) is 3.85. The van der Waals surface area contributed by atoms with E-state index >= 15 is 0 Å². The summed E-state index contributed by atoms with van der Waals surface area (Å²) in [6, 6.07) is 6.39. The molecule has 1 aromatic carbocycles. The first-order valence-corrected chi connectivity index (χ1v) is 4.42.